The van der Waals surface area contributed by atoms with Crippen molar-refractivity contribution >= 4 is 23.2 Å². The van der Waals surface area contributed by atoms with Gasteiger partial charge in [0.2, 0.25) is 11.8 Å². The van der Waals surface area contributed by atoms with Crippen molar-refractivity contribution < 1.29 is 9.59 Å². The number of benzene rings is 1. The molecule has 1 aliphatic carbocycles. The highest BCUT2D eigenvalue weighted by Gasteiger charge is 2.41. The van der Waals surface area contributed by atoms with Gasteiger partial charge in [-0.05, 0) is 41.8 Å². The van der Waals surface area contributed by atoms with Gasteiger partial charge in [-0.1, -0.05) is 30.3 Å². The van der Waals surface area contributed by atoms with Crippen LogP contribution < -0.4 is 5.32 Å². The lowest BCUT2D eigenvalue weighted by molar-refractivity contribution is -0.142. The number of hydrogen-bond donors (Lipinski definition) is 1. The van der Waals surface area contributed by atoms with E-state index in [4.69, 9.17) is 0 Å². The third kappa shape index (κ3) is 2.96. The third-order valence-corrected chi connectivity index (χ3v) is 5.63. The molecule has 1 aromatic carbocycles. The SMILES string of the molecule is O=C(NCc1cccs1)C1c2ccccc2CCN1C(=O)C1CC1. The second-order valence-electron chi connectivity index (χ2n) is 6.45. The van der Waals surface area contributed by atoms with Crippen molar-refractivity contribution in [2.45, 2.75) is 31.8 Å². The van der Waals surface area contributed by atoms with Crippen LogP contribution in [0.2, 0.25) is 0 Å². The van der Waals surface area contributed by atoms with E-state index in [0.717, 1.165) is 29.7 Å². The Hall–Kier alpha value is -2.14. The lowest BCUT2D eigenvalue weighted by atomic mass is 9.91. The monoisotopic (exact) mass is 340 g/mol. The Morgan fingerprint density at radius 3 is 2.75 bits per heavy atom. The molecular weight excluding hydrogens is 320 g/mol. The molecule has 0 radical (unpaired) electrons. The van der Waals surface area contributed by atoms with E-state index in [9.17, 15) is 9.59 Å². The second kappa shape index (κ2) is 6.40. The largest absolute Gasteiger partial charge is 0.349 e. The van der Waals surface area contributed by atoms with Crippen LogP contribution in [0.3, 0.4) is 0 Å². The molecule has 1 fully saturated rings. The first-order valence-electron chi connectivity index (χ1n) is 8.42. The highest BCUT2D eigenvalue weighted by molar-refractivity contribution is 7.09. The number of fused-ring (bicyclic) bond motifs is 1. The van der Waals surface area contributed by atoms with E-state index >= 15 is 0 Å². The molecule has 4 rings (SSSR count). The fourth-order valence-electron chi connectivity index (χ4n) is 3.34. The molecule has 2 aliphatic rings. The first-order valence-corrected chi connectivity index (χ1v) is 9.30. The van der Waals surface area contributed by atoms with E-state index in [1.54, 1.807) is 16.2 Å². The smallest absolute Gasteiger partial charge is 0.247 e. The van der Waals surface area contributed by atoms with Crippen LogP contribution in [0.1, 0.15) is 34.9 Å². The summed E-state index contributed by atoms with van der Waals surface area (Å²) in [6.45, 7) is 1.14. The zero-order valence-electron chi connectivity index (χ0n) is 13.4. The third-order valence-electron chi connectivity index (χ3n) is 4.76. The number of amides is 2. The van der Waals surface area contributed by atoms with Gasteiger partial charge in [0.05, 0.1) is 6.54 Å². The normalized spacial score (nSPS) is 19.7. The predicted octanol–water partition coefficient (Wildman–Crippen LogP) is 2.90. The summed E-state index contributed by atoms with van der Waals surface area (Å²) in [5.74, 6) is 0.188. The topological polar surface area (TPSA) is 49.4 Å². The predicted molar refractivity (Wildman–Crippen MR) is 93.5 cm³/mol. The number of nitrogens with zero attached hydrogens (tertiary/aromatic N) is 1. The average Bonchev–Trinajstić information content (AvgIpc) is 3.34. The highest BCUT2D eigenvalue weighted by atomic mass is 32.1. The van der Waals surface area contributed by atoms with Crippen LogP contribution in [0, 0.1) is 5.92 Å². The Labute approximate surface area is 145 Å². The molecule has 1 atom stereocenters. The second-order valence-corrected chi connectivity index (χ2v) is 7.49. The van der Waals surface area contributed by atoms with Crippen LogP contribution in [-0.2, 0) is 22.6 Å². The Morgan fingerprint density at radius 2 is 2.00 bits per heavy atom. The maximum absolute atomic E-state index is 12.9. The van der Waals surface area contributed by atoms with E-state index in [2.05, 4.69) is 11.4 Å². The van der Waals surface area contributed by atoms with Gasteiger partial charge < -0.3 is 10.2 Å². The summed E-state index contributed by atoms with van der Waals surface area (Å²) in [5, 5.41) is 5.02. The van der Waals surface area contributed by atoms with Gasteiger partial charge in [-0.15, -0.1) is 11.3 Å². The van der Waals surface area contributed by atoms with Gasteiger partial charge in [0, 0.05) is 17.3 Å². The first-order chi connectivity index (χ1) is 11.7. The number of thiophene rings is 1. The molecule has 1 aromatic heterocycles. The molecule has 1 saturated carbocycles. The van der Waals surface area contributed by atoms with Crippen molar-refractivity contribution in [3.63, 3.8) is 0 Å². The van der Waals surface area contributed by atoms with E-state index in [1.807, 2.05) is 35.7 Å². The summed E-state index contributed by atoms with van der Waals surface area (Å²) < 4.78 is 0. The minimum absolute atomic E-state index is 0.0791. The first kappa shape index (κ1) is 15.4. The molecule has 1 N–H and O–H groups in total. The molecule has 0 saturated heterocycles. The fourth-order valence-corrected chi connectivity index (χ4v) is 3.98. The Morgan fingerprint density at radius 1 is 1.17 bits per heavy atom. The molecule has 0 bridgehead atoms. The van der Waals surface area contributed by atoms with Gasteiger partial charge >= 0.3 is 0 Å². The van der Waals surface area contributed by atoms with E-state index in [0.29, 0.717) is 13.1 Å². The van der Waals surface area contributed by atoms with Gasteiger partial charge in [0.1, 0.15) is 6.04 Å². The average molecular weight is 340 g/mol. The summed E-state index contributed by atoms with van der Waals surface area (Å²) in [6, 6.07) is 11.5. The quantitative estimate of drug-likeness (QED) is 0.930. The number of nitrogens with one attached hydrogen (secondary N) is 1. The van der Waals surface area contributed by atoms with Crippen LogP contribution in [-0.4, -0.2) is 23.3 Å². The van der Waals surface area contributed by atoms with Crippen molar-refractivity contribution in [2.24, 2.45) is 5.92 Å². The van der Waals surface area contributed by atoms with Crippen LogP contribution in [0.15, 0.2) is 41.8 Å². The summed E-state index contributed by atoms with van der Waals surface area (Å²) in [4.78, 5) is 28.5. The molecular formula is C19H20N2O2S. The molecule has 2 heterocycles. The van der Waals surface area contributed by atoms with Crippen molar-refractivity contribution in [1.82, 2.24) is 10.2 Å². The van der Waals surface area contributed by atoms with Gasteiger partial charge in [-0.3, -0.25) is 9.59 Å². The summed E-state index contributed by atoms with van der Waals surface area (Å²) in [7, 11) is 0. The summed E-state index contributed by atoms with van der Waals surface area (Å²) >= 11 is 1.62. The molecule has 2 amide bonds. The van der Waals surface area contributed by atoms with Crippen molar-refractivity contribution in [3.05, 3.63) is 57.8 Å². The van der Waals surface area contributed by atoms with E-state index < -0.39 is 6.04 Å². The Balaban J connectivity index is 1.59. The van der Waals surface area contributed by atoms with E-state index in [1.165, 1.54) is 5.56 Å². The standard InChI is InChI=1S/C19H20N2O2S/c22-18(20-12-15-5-3-11-24-15)17-16-6-2-1-4-13(16)9-10-21(17)19(23)14-7-8-14/h1-6,11,14,17H,7-10,12H2,(H,20,22). The molecule has 2 aromatic rings. The van der Waals surface area contributed by atoms with Crippen LogP contribution >= 0.6 is 11.3 Å². The van der Waals surface area contributed by atoms with Crippen LogP contribution in [0.25, 0.3) is 0 Å². The fraction of sp³-hybridized carbons (Fsp3) is 0.368. The Kier molecular flexibility index (Phi) is 4.10. The zero-order valence-corrected chi connectivity index (χ0v) is 14.2. The zero-order chi connectivity index (χ0) is 16.5. The van der Waals surface area contributed by atoms with Gasteiger partial charge in [-0.2, -0.15) is 0 Å². The minimum Gasteiger partial charge on any atom is -0.349 e. The van der Waals surface area contributed by atoms with E-state index in [-0.39, 0.29) is 17.7 Å². The lowest BCUT2D eigenvalue weighted by Crippen LogP contribution is -2.47. The molecule has 24 heavy (non-hydrogen) atoms. The molecule has 1 aliphatic heterocycles. The molecule has 0 spiro atoms. The summed E-state index contributed by atoms with van der Waals surface area (Å²) in [5.41, 5.74) is 2.15. The van der Waals surface area contributed by atoms with Gasteiger partial charge in [0.15, 0.2) is 0 Å². The summed E-state index contributed by atoms with van der Waals surface area (Å²) in [6.07, 6.45) is 2.74. The van der Waals surface area contributed by atoms with Crippen LogP contribution in [0.5, 0.6) is 0 Å². The number of carbonyl (C=O) groups excluding carboxylic acids is 2. The number of rotatable bonds is 4. The number of carbonyl (C=O) groups is 2. The molecule has 1 unspecified atom stereocenters. The maximum atomic E-state index is 12.9. The Bertz CT molecular complexity index is 752. The molecule has 4 nitrogen and oxygen atoms in total. The minimum atomic E-state index is -0.497. The van der Waals surface area contributed by atoms with Gasteiger partial charge in [0.25, 0.3) is 0 Å². The van der Waals surface area contributed by atoms with Crippen LogP contribution in [0.4, 0.5) is 0 Å². The van der Waals surface area contributed by atoms with Gasteiger partial charge in [-0.25, -0.2) is 0 Å². The lowest BCUT2D eigenvalue weighted by Gasteiger charge is -2.36. The number of hydrogen-bond acceptors (Lipinski definition) is 3. The molecule has 5 heteroatoms. The maximum Gasteiger partial charge on any atom is 0.247 e. The molecule has 124 valence electrons. The van der Waals surface area contributed by atoms with Crippen molar-refractivity contribution in [1.29, 1.82) is 0 Å². The van der Waals surface area contributed by atoms with Crippen molar-refractivity contribution in [3.8, 4) is 0 Å². The highest BCUT2D eigenvalue weighted by Crippen LogP contribution is 2.37. The van der Waals surface area contributed by atoms with Crippen molar-refractivity contribution in [2.75, 3.05) is 6.54 Å².